The maximum atomic E-state index is 13.9. The number of rotatable bonds is 30. The molecule has 2 rings (SSSR count). The number of hydrogen-bond donors (Lipinski definition) is 1. The van der Waals surface area contributed by atoms with E-state index in [9.17, 15) is 14.7 Å². The Kier molecular flexibility index (Phi) is 24.7. The Morgan fingerprint density at radius 2 is 0.939 bits per heavy atom. The molecule has 0 bridgehead atoms. The van der Waals surface area contributed by atoms with E-state index in [1.807, 2.05) is 0 Å². The molecule has 0 aromatic rings. The predicted octanol–water partition coefficient (Wildman–Crippen LogP) is 11.4. The summed E-state index contributed by atoms with van der Waals surface area (Å²) in [6.07, 6.45) is 30.1. The molecule has 2 fully saturated rings. The fraction of sp³-hybridized carbons (Fsp3) is 0.953. The van der Waals surface area contributed by atoms with Crippen molar-refractivity contribution in [2.75, 3.05) is 26.2 Å². The fourth-order valence-corrected chi connectivity index (χ4v) is 8.42. The van der Waals surface area contributed by atoms with Crippen LogP contribution in [-0.4, -0.2) is 60.4 Å². The zero-order valence-electron chi connectivity index (χ0n) is 33.0. The molecule has 1 aliphatic carbocycles. The molecule has 2 unspecified atom stereocenters. The first-order valence-corrected chi connectivity index (χ1v) is 21.7. The number of unbranched alkanes of at least 4 members (excludes halogenated alkanes) is 15. The van der Waals surface area contributed by atoms with Gasteiger partial charge in [-0.1, -0.05) is 143 Å². The number of aliphatic hydroxyl groups is 1. The Labute approximate surface area is 303 Å². The number of aliphatic hydroxyl groups excluding tert-OH is 1. The van der Waals surface area contributed by atoms with Crippen LogP contribution in [0.1, 0.15) is 207 Å². The number of carbonyl (C=O) groups is 2. The third kappa shape index (κ3) is 18.3. The third-order valence-electron chi connectivity index (χ3n) is 11.8. The molecule has 0 aromatic carbocycles. The summed E-state index contributed by atoms with van der Waals surface area (Å²) in [4.78, 5) is 30.4. The number of hydrogen-bond acceptors (Lipinski definition) is 6. The summed E-state index contributed by atoms with van der Waals surface area (Å²) in [5, 5.41) is 9.25. The largest absolute Gasteiger partial charge is 0.458 e. The Morgan fingerprint density at radius 1 is 0.571 bits per heavy atom. The van der Waals surface area contributed by atoms with E-state index < -0.39 is 0 Å². The van der Waals surface area contributed by atoms with E-state index in [2.05, 4.69) is 32.6 Å². The van der Waals surface area contributed by atoms with Crippen molar-refractivity contribution in [2.24, 2.45) is 17.3 Å². The summed E-state index contributed by atoms with van der Waals surface area (Å²) < 4.78 is 13.0. The highest BCUT2D eigenvalue weighted by Crippen LogP contribution is 2.49. The van der Waals surface area contributed by atoms with Crippen LogP contribution in [0.5, 0.6) is 0 Å². The summed E-state index contributed by atoms with van der Waals surface area (Å²) in [5.74, 6) is -0.177. The minimum atomic E-state index is -0.332. The third-order valence-corrected chi connectivity index (χ3v) is 11.8. The quantitative estimate of drug-likeness (QED) is 0.0597. The normalized spacial score (nSPS) is 20.4. The van der Waals surface area contributed by atoms with Crippen LogP contribution in [-0.2, 0) is 19.1 Å². The maximum absolute atomic E-state index is 13.9. The molecular formula is C43H81NO5. The van der Waals surface area contributed by atoms with Gasteiger partial charge in [-0.2, -0.15) is 0 Å². The zero-order valence-corrected chi connectivity index (χ0v) is 33.0. The van der Waals surface area contributed by atoms with Crippen LogP contribution < -0.4 is 0 Å². The van der Waals surface area contributed by atoms with Gasteiger partial charge < -0.3 is 19.5 Å². The number of esters is 2. The summed E-state index contributed by atoms with van der Waals surface area (Å²) in [5.41, 5.74) is 0.0668. The first-order chi connectivity index (χ1) is 23.9. The monoisotopic (exact) mass is 692 g/mol. The van der Waals surface area contributed by atoms with Gasteiger partial charge in [0, 0.05) is 6.61 Å². The van der Waals surface area contributed by atoms with Crippen molar-refractivity contribution in [3.05, 3.63) is 0 Å². The molecule has 0 radical (unpaired) electrons. The van der Waals surface area contributed by atoms with Crippen molar-refractivity contribution < 1.29 is 24.2 Å². The van der Waals surface area contributed by atoms with E-state index in [4.69, 9.17) is 9.47 Å². The molecule has 6 nitrogen and oxygen atoms in total. The lowest BCUT2D eigenvalue weighted by molar-refractivity contribution is -0.171. The Hall–Kier alpha value is -1.14. The molecule has 6 heteroatoms. The molecule has 1 aliphatic heterocycles. The Morgan fingerprint density at radius 3 is 1.35 bits per heavy atom. The van der Waals surface area contributed by atoms with Crippen LogP contribution in [0.15, 0.2) is 0 Å². The van der Waals surface area contributed by atoms with Gasteiger partial charge in [0.25, 0.3) is 0 Å². The summed E-state index contributed by atoms with van der Waals surface area (Å²) in [6.45, 7) is 12.3. The molecule has 1 spiro atoms. The van der Waals surface area contributed by atoms with E-state index >= 15 is 0 Å². The molecule has 49 heavy (non-hydrogen) atoms. The topological polar surface area (TPSA) is 76.1 Å². The smallest absolute Gasteiger partial charge is 0.309 e. The van der Waals surface area contributed by atoms with Crippen LogP contribution in [0.4, 0.5) is 0 Å². The van der Waals surface area contributed by atoms with Crippen molar-refractivity contribution in [1.82, 2.24) is 4.90 Å². The standard InChI is InChI=1S/C43H81NO5/c1-5-9-13-15-17-21-27-37(25-19-11-7-3)41(46)48-39-35-43(29-32-44(33-30-43)31-23-24-34-45)36-40(39)49-42(47)38(26-20-12-8-4)28-22-18-16-14-10-6-2/h37-40,45H,5-36H2,1-4H3/t37?,38?,39-,40-/m1/s1. The Balaban J connectivity index is 2.13. The van der Waals surface area contributed by atoms with Gasteiger partial charge >= 0.3 is 11.9 Å². The van der Waals surface area contributed by atoms with Gasteiger partial charge in [0.2, 0.25) is 0 Å². The first kappa shape index (κ1) is 44.0. The van der Waals surface area contributed by atoms with E-state index in [0.717, 1.165) is 135 Å². The highest BCUT2D eigenvalue weighted by atomic mass is 16.6. The molecule has 0 amide bonds. The Bertz CT molecular complexity index is 771. The second-order valence-electron chi connectivity index (χ2n) is 16.1. The highest BCUT2D eigenvalue weighted by Gasteiger charge is 2.50. The van der Waals surface area contributed by atoms with Crippen molar-refractivity contribution in [2.45, 2.75) is 220 Å². The average Bonchev–Trinajstić information content (AvgIpc) is 3.42. The molecule has 2 aliphatic rings. The fourth-order valence-electron chi connectivity index (χ4n) is 8.42. The summed E-state index contributed by atoms with van der Waals surface area (Å²) >= 11 is 0. The van der Waals surface area contributed by atoms with E-state index in [1.165, 1.54) is 64.2 Å². The van der Waals surface area contributed by atoms with Gasteiger partial charge in [-0.25, -0.2) is 0 Å². The number of carbonyl (C=O) groups excluding carboxylic acids is 2. The average molecular weight is 692 g/mol. The molecule has 288 valence electrons. The highest BCUT2D eigenvalue weighted by molar-refractivity contribution is 5.74. The number of nitrogens with zero attached hydrogens (tertiary/aromatic N) is 1. The summed E-state index contributed by atoms with van der Waals surface area (Å²) in [7, 11) is 0. The van der Waals surface area contributed by atoms with Crippen molar-refractivity contribution in [3.63, 3.8) is 0 Å². The first-order valence-electron chi connectivity index (χ1n) is 21.7. The number of piperidine rings is 1. The van der Waals surface area contributed by atoms with Gasteiger partial charge in [-0.05, 0) is 89.3 Å². The van der Waals surface area contributed by atoms with Crippen LogP contribution in [0, 0.1) is 17.3 Å². The molecule has 0 aromatic heterocycles. The van der Waals surface area contributed by atoms with Gasteiger partial charge in [-0.3, -0.25) is 9.59 Å². The lowest BCUT2D eigenvalue weighted by Gasteiger charge is -2.39. The summed E-state index contributed by atoms with van der Waals surface area (Å²) in [6, 6.07) is 0. The minimum Gasteiger partial charge on any atom is -0.458 e. The second kappa shape index (κ2) is 27.5. The minimum absolute atomic E-state index is 0.0409. The number of likely N-dealkylation sites (tertiary alicyclic amines) is 1. The SMILES string of the molecule is CCCCCCCCC(CCCCC)C(=O)O[C@@H]1CC2(CCN(CCCCO)CC2)C[C@H]1OC(=O)C(CCCCC)CCCCCCCC. The number of ether oxygens (including phenoxy) is 2. The maximum Gasteiger partial charge on any atom is 0.309 e. The van der Waals surface area contributed by atoms with Crippen LogP contribution in [0.3, 0.4) is 0 Å². The zero-order chi connectivity index (χ0) is 35.6. The molecular weight excluding hydrogens is 610 g/mol. The van der Waals surface area contributed by atoms with Gasteiger partial charge in [-0.15, -0.1) is 0 Å². The van der Waals surface area contributed by atoms with E-state index in [-0.39, 0.29) is 48.0 Å². The second-order valence-corrected chi connectivity index (χ2v) is 16.1. The molecule has 1 N–H and O–H groups in total. The van der Waals surface area contributed by atoms with Gasteiger partial charge in [0.1, 0.15) is 12.2 Å². The molecule has 1 saturated carbocycles. The van der Waals surface area contributed by atoms with Crippen LogP contribution in [0.2, 0.25) is 0 Å². The molecule has 4 atom stereocenters. The van der Waals surface area contributed by atoms with Gasteiger partial charge in [0.15, 0.2) is 0 Å². The van der Waals surface area contributed by atoms with Crippen LogP contribution in [0.25, 0.3) is 0 Å². The van der Waals surface area contributed by atoms with Crippen LogP contribution >= 0.6 is 0 Å². The molecule has 1 saturated heterocycles. The van der Waals surface area contributed by atoms with E-state index in [1.54, 1.807) is 0 Å². The van der Waals surface area contributed by atoms with Crippen molar-refractivity contribution in [3.8, 4) is 0 Å². The van der Waals surface area contributed by atoms with Crippen molar-refractivity contribution in [1.29, 1.82) is 0 Å². The predicted molar refractivity (Wildman–Crippen MR) is 205 cm³/mol. The van der Waals surface area contributed by atoms with Gasteiger partial charge in [0.05, 0.1) is 11.8 Å². The van der Waals surface area contributed by atoms with E-state index in [0.29, 0.717) is 0 Å². The lowest BCUT2D eigenvalue weighted by Crippen LogP contribution is -2.40. The molecule has 1 heterocycles. The lowest BCUT2D eigenvalue weighted by atomic mass is 9.76. The van der Waals surface area contributed by atoms with Crippen molar-refractivity contribution >= 4 is 11.9 Å².